The van der Waals surface area contributed by atoms with Crippen LogP contribution in [0.2, 0.25) is 0 Å². The molecule has 0 aromatic carbocycles. The van der Waals surface area contributed by atoms with E-state index in [1.165, 1.54) is 0 Å². The van der Waals surface area contributed by atoms with Crippen molar-refractivity contribution < 1.29 is 4.79 Å². The fourth-order valence-electron chi connectivity index (χ4n) is 1.15. The molecular weight excluding hydrogens is 164 g/mol. The first kappa shape index (κ1) is 9.53. The molecule has 1 aromatic rings. The molecule has 0 fully saturated rings. The van der Waals surface area contributed by atoms with Gasteiger partial charge in [0.05, 0.1) is 6.07 Å². The first-order valence-electron chi connectivity index (χ1n) is 4.23. The van der Waals surface area contributed by atoms with Crippen molar-refractivity contribution in [3.8, 4) is 6.07 Å². The lowest BCUT2D eigenvalue weighted by Gasteiger charge is -2.08. The second kappa shape index (κ2) is 3.90. The predicted octanol–water partition coefficient (Wildman–Crippen LogP) is 1.85. The van der Waals surface area contributed by atoms with Gasteiger partial charge in [0, 0.05) is 18.3 Å². The molecule has 68 valence electrons. The van der Waals surface area contributed by atoms with Gasteiger partial charge < -0.3 is 4.98 Å². The van der Waals surface area contributed by atoms with Crippen LogP contribution in [0.3, 0.4) is 0 Å². The van der Waals surface area contributed by atoms with E-state index < -0.39 is 5.92 Å². The second-order valence-electron chi connectivity index (χ2n) is 3.26. The van der Waals surface area contributed by atoms with Crippen LogP contribution in [0.15, 0.2) is 18.5 Å². The molecule has 1 atom stereocenters. The number of hydrogen-bond donors (Lipinski definition) is 1. The van der Waals surface area contributed by atoms with Crippen molar-refractivity contribution >= 4 is 5.78 Å². The zero-order valence-corrected chi connectivity index (χ0v) is 7.74. The van der Waals surface area contributed by atoms with Crippen molar-refractivity contribution in [3.63, 3.8) is 0 Å². The van der Waals surface area contributed by atoms with Crippen LogP contribution in [-0.4, -0.2) is 10.8 Å². The Balaban J connectivity index is 2.88. The molecule has 3 nitrogen and oxygen atoms in total. The Bertz CT molecular complexity index is 319. The number of rotatable bonds is 3. The summed E-state index contributed by atoms with van der Waals surface area (Å²) in [6.07, 6.45) is 3.40. The molecule has 1 unspecified atom stereocenters. The number of aromatic nitrogens is 1. The highest BCUT2D eigenvalue weighted by Gasteiger charge is 2.22. The number of H-pyrrole nitrogens is 1. The summed E-state index contributed by atoms with van der Waals surface area (Å²) in [5.41, 5.74) is 0.751. The number of carbonyl (C=O) groups is 1. The number of Topliss-reactive ketones (excluding diaryl/α,β-unsaturated/α-hetero) is 1. The third-order valence-electron chi connectivity index (χ3n) is 1.94. The second-order valence-corrected chi connectivity index (χ2v) is 3.26. The molecule has 0 amide bonds. The highest BCUT2D eigenvalue weighted by atomic mass is 16.1. The number of ketones is 1. The van der Waals surface area contributed by atoms with Crippen LogP contribution < -0.4 is 0 Å². The van der Waals surface area contributed by atoms with Gasteiger partial charge in [0.25, 0.3) is 0 Å². The Kier molecular flexibility index (Phi) is 2.86. The number of nitrogens with one attached hydrogen (secondary N) is 1. The maximum Gasteiger partial charge on any atom is 0.157 e. The van der Waals surface area contributed by atoms with Gasteiger partial charge in [-0.3, -0.25) is 4.79 Å². The molecule has 0 saturated heterocycles. The van der Waals surface area contributed by atoms with Crippen LogP contribution in [0.25, 0.3) is 0 Å². The van der Waals surface area contributed by atoms with Crippen LogP contribution in [0, 0.1) is 17.2 Å². The van der Waals surface area contributed by atoms with E-state index in [0.29, 0.717) is 0 Å². The monoisotopic (exact) mass is 176 g/mol. The number of carbonyl (C=O) groups excluding carboxylic acids is 1. The minimum absolute atomic E-state index is 0.0258. The Morgan fingerprint density at radius 1 is 1.62 bits per heavy atom. The molecule has 0 spiro atoms. The molecule has 0 aliphatic carbocycles. The highest BCUT2D eigenvalue weighted by molar-refractivity contribution is 5.89. The van der Waals surface area contributed by atoms with Gasteiger partial charge >= 0.3 is 0 Å². The number of aromatic amines is 1. The number of hydrogen-bond acceptors (Lipinski definition) is 2. The van der Waals surface area contributed by atoms with Gasteiger partial charge in [0.2, 0.25) is 0 Å². The van der Waals surface area contributed by atoms with Crippen LogP contribution in [-0.2, 0) is 4.79 Å². The largest absolute Gasteiger partial charge is 0.367 e. The van der Waals surface area contributed by atoms with Gasteiger partial charge in [0.1, 0.15) is 5.92 Å². The van der Waals surface area contributed by atoms with Crippen molar-refractivity contribution in [3.05, 3.63) is 24.0 Å². The fraction of sp³-hybridized carbons (Fsp3) is 0.400. The van der Waals surface area contributed by atoms with E-state index in [0.717, 1.165) is 5.56 Å². The minimum atomic E-state index is -0.619. The van der Waals surface area contributed by atoms with Gasteiger partial charge in [-0.25, -0.2) is 0 Å². The maximum absolute atomic E-state index is 11.5. The van der Waals surface area contributed by atoms with Crippen LogP contribution >= 0.6 is 0 Å². The lowest BCUT2D eigenvalue weighted by Crippen LogP contribution is -2.16. The van der Waals surface area contributed by atoms with Crippen molar-refractivity contribution in [1.29, 1.82) is 5.26 Å². The molecule has 0 aliphatic heterocycles. The quantitative estimate of drug-likeness (QED) is 0.764. The summed E-state index contributed by atoms with van der Waals surface area (Å²) < 4.78 is 0. The topological polar surface area (TPSA) is 56.6 Å². The van der Waals surface area contributed by atoms with E-state index in [1.807, 2.05) is 6.07 Å². The van der Waals surface area contributed by atoms with E-state index in [-0.39, 0.29) is 11.7 Å². The van der Waals surface area contributed by atoms with E-state index in [1.54, 1.807) is 32.3 Å². The van der Waals surface area contributed by atoms with Crippen LogP contribution in [0.4, 0.5) is 0 Å². The molecule has 1 rings (SSSR count). The smallest absolute Gasteiger partial charge is 0.157 e. The van der Waals surface area contributed by atoms with Crippen LogP contribution in [0.5, 0.6) is 0 Å². The van der Waals surface area contributed by atoms with Gasteiger partial charge in [-0.05, 0) is 11.6 Å². The third kappa shape index (κ3) is 1.97. The van der Waals surface area contributed by atoms with Gasteiger partial charge in [0.15, 0.2) is 5.78 Å². The molecule has 1 N–H and O–H groups in total. The highest BCUT2D eigenvalue weighted by Crippen LogP contribution is 2.18. The summed E-state index contributed by atoms with van der Waals surface area (Å²) in [7, 11) is 0. The van der Waals surface area contributed by atoms with E-state index in [2.05, 4.69) is 4.98 Å². The summed E-state index contributed by atoms with van der Waals surface area (Å²) in [6, 6.07) is 3.77. The average Bonchev–Trinajstić information content (AvgIpc) is 2.58. The fourth-order valence-corrected chi connectivity index (χ4v) is 1.15. The zero-order chi connectivity index (χ0) is 9.84. The lowest BCUT2D eigenvalue weighted by molar-refractivity contribution is -0.122. The maximum atomic E-state index is 11.5. The van der Waals surface area contributed by atoms with Crippen molar-refractivity contribution in [2.24, 2.45) is 5.92 Å². The summed E-state index contributed by atoms with van der Waals surface area (Å²) in [5, 5.41) is 8.83. The minimum Gasteiger partial charge on any atom is -0.367 e. The Morgan fingerprint density at radius 3 is 2.69 bits per heavy atom. The molecule has 0 radical (unpaired) electrons. The Labute approximate surface area is 77.4 Å². The average molecular weight is 176 g/mol. The van der Waals surface area contributed by atoms with Gasteiger partial charge in [-0.1, -0.05) is 13.8 Å². The molecule has 0 bridgehead atoms. The van der Waals surface area contributed by atoms with Gasteiger partial charge in [-0.2, -0.15) is 5.26 Å². The van der Waals surface area contributed by atoms with Crippen LogP contribution in [0.1, 0.15) is 25.3 Å². The van der Waals surface area contributed by atoms with Crippen molar-refractivity contribution in [1.82, 2.24) is 4.98 Å². The number of nitrogens with zero attached hydrogens (tertiary/aromatic N) is 1. The molecular formula is C10H12N2O. The Hall–Kier alpha value is -1.56. The summed E-state index contributed by atoms with van der Waals surface area (Å²) >= 11 is 0. The Morgan fingerprint density at radius 2 is 2.31 bits per heavy atom. The van der Waals surface area contributed by atoms with E-state index in [4.69, 9.17) is 5.26 Å². The van der Waals surface area contributed by atoms with Crippen molar-refractivity contribution in [2.75, 3.05) is 0 Å². The first-order chi connectivity index (χ1) is 6.16. The zero-order valence-electron chi connectivity index (χ0n) is 7.74. The van der Waals surface area contributed by atoms with Crippen molar-refractivity contribution in [2.45, 2.75) is 19.8 Å². The summed E-state index contributed by atoms with van der Waals surface area (Å²) in [5.74, 6) is -0.743. The van der Waals surface area contributed by atoms with E-state index >= 15 is 0 Å². The summed E-state index contributed by atoms with van der Waals surface area (Å²) in [4.78, 5) is 14.4. The predicted molar refractivity (Wildman–Crippen MR) is 49.0 cm³/mol. The number of nitriles is 1. The van der Waals surface area contributed by atoms with Gasteiger partial charge in [-0.15, -0.1) is 0 Å². The van der Waals surface area contributed by atoms with E-state index in [9.17, 15) is 4.79 Å². The first-order valence-corrected chi connectivity index (χ1v) is 4.23. The molecule has 0 saturated carbocycles. The molecule has 3 heteroatoms. The molecule has 0 aliphatic rings. The standard InChI is InChI=1S/C10H12N2O/c1-7(2)10(13)9(5-11)8-3-4-12-6-8/h3-4,6-7,9,12H,1-2H3. The molecule has 1 aromatic heterocycles. The normalized spacial score (nSPS) is 12.5. The lowest BCUT2D eigenvalue weighted by atomic mass is 9.92. The SMILES string of the molecule is CC(C)C(=O)C(C#N)c1cc[nH]c1. The molecule has 1 heterocycles. The molecule has 13 heavy (non-hydrogen) atoms. The third-order valence-corrected chi connectivity index (χ3v) is 1.94. The summed E-state index contributed by atoms with van der Waals surface area (Å²) in [6.45, 7) is 3.61.